The first-order valence-corrected chi connectivity index (χ1v) is 8.10. The lowest BCUT2D eigenvalue weighted by molar-refractivity contribution is 0.475. The van der Waals surface area contributed by atoms with E-state index < -0.39 is 0 Å². The van der Waals surface area contributed by atoms with Gasteiger partial charge in [0.1, 0.15) is 5.75 Å². The molecule has 0 aliphatic heterocycles. The molecule has 0 amide bonds. The maximum absolute atomic E-state index is 8.76. The highest BCUT2D eigenvalue weighted by Gasteiger charge is 2.05. The largest absolute Gasteiger partial charge is 0.508 e. The van der Waals surface area contributed by atoms with Crippen LogP contribution in [-0.4, -0.2) is 5.11 Å². The van der Waals surface area contributed by atoms with Crippen molar-refractivity contribution < 1.29 is 5.11 Å². The molecule has 0 aliphatic rings. The molecule has 1 nitrogen and oxygen atoms in total. The maximum Gasteiger partial charge on any atom is 0.115 e. The van der Waals surface area contributed by atoms with Crippen molar-refractivity contribution in [3.63, 3.8) is 0 Å². The first kappa shape index (κ1) is 14.5. The van der Waals surface area contributed by atoms with Crippen molar-refractivity contribution in [3.05, 3.63) is 90.5 Å². The normalized spacial score (nSPS) is 10.9. The molecule has 5 rings (SSSR count). The summed E-state index contributed by atoms with van der Waals surface area (Å²) in [5.41, 5.74) is 1.17. The number of hydrogen-bond acceptors (Lipinski definition) is 1. The van der Waals surface area contributed by atoms with Gasteiger partial charge in [0.2, 0.25) is 0 Å². The second-order valence-corrected chi connectivity index (χ2v) is 6.13. The predicted octanol–water partition coefficient (Wildman–Crippen LogP) is 6.28. The van der Waals surface area contributed by atoms with Gasteiger partial charge in [-0.25, -0.2) is 0 Å². The smallest absolute Gasteiger partial charge is 0.115 e. The number of aromatic hydroxyl groups is 1. The van der Waals surface area contributed by atoms with Crippen molar-refractivity contribution in [1.29, 1.82) is 0 Å². The summed E-state index contributed by atoms with van der Waals surface area (Å²) in [5, 5.41) is 16.9. The molecule has 1 N–H and O–H groups in total. The molecule has 1 heteroatoms. The minimum absolute atomic E-state index is 0.329. The van der Waals surface area contributed by atoms with Crippen LogP contribution in [0.25, 0.3) is 32.3 Å². The highest BCUT2D eigenvalue weighted by molar-refractivity contribution is 6.22. The Kier molecular flexibility index (Phi) is 3.55. The Hall–Kier alpha value is -3.06. The van der Waals surface area contributed by atoms with Crippen molar-refractivity contribution in [2.45, 2.75) is 6.92 Å². The van der Waals surface area contributed by atoms with Crippen LogP contribution in [0.5, 0.6) is 5.75 Å². The van der Waals surface area contributed by atoms with Crippen LogP contribution in [0.2, 0.25) is 0 Å². The van der Waals surface area contributed by atoms with Crippen molar-refractivity contribution in [2.24, 2.45) is 0 Å². The Labute approximate surface area is 141 Å². The van der Waals surface area contributed by atoms with Gasteiger partial charge in [0.05, 0.1) is 0 Å². The molecule has 0 heterocycles. The first-order chi connectivity index (χ1) is 11.7. The Balaban J connectivity index is 0.000000155. The van der Waals surface area contributed by atoms with Crippen LogP contribution in [0, 0.1) is 6.92 Å². The van der Waals surface area contributed by atoms with Crippen LogP contribution in [0.3, 0.4) is 0 Å². The molecule has 0 aromatic heterocycles. The number of hydrogen-bond donors (Lipinski definition) is 1. The van der Waals surface area contributed by atoms with Crippen LogP contribution in [-0.2, 0) is 0 Å². The third kappa shape index (κ3) is 2.55. The van der Waals surface area contributed by atoms with Crippen molar-refractivity contribution in [2.75, 3.05) is 0 Å². The van der Waals surface area contributed by atoms with Crippen LogP contribution in [0.4, 0.5) is 0 Å². The molecule has 0 spiro atoms. The molecular formula is C23H18O. The molecule has 0 saturated carbocycles. The van der Waals surface area contributed by atoms with E-state index >= 15 is 0 Å². The average molecular weight is 310 g/mol. The van der Waals surface area contributed by atoms with Gasteiger partial charge in [-0.15, -0.1) is 0 Å². The van der Waals surface area contributed by atoms with Crippen LogP contribution < -0.4 is 0 Å². The molecule has 24 heavy (non-hydrogen) atoms. The van der Waals surface area contributed by atoms with E-state index in [9.17, 15) is 0 Å². The zero-order valence-electron chi connectivity index (χ0n) is 13.5. The maximum atomic E-state index is 8.76. The number of phenols is 1. The lowest BCUT2D eigenvalue weighted by Gasteiger charge is -2.09. The Morgan fingerprint density at radius 2 is 0.875 bits per heavy atom. The lowest BCUT2D eigenvalue weighted by atomic mass is 9.95. The third-order valence-corrected chi connectivity index (χ3v) is 4.43. The summed E-state index contributed by atoms with van der Waals surface area (Å²) in [6.45, 7) is 1.99. The van der Waals surface area contributed by atoms with Gasteiger partial charge < -0.3 is 5.11 Å². The minimum atomic E-state index is 0.329. The summed E-state index contributed by atoms with van der Waals surface area (Å²) in [6.07, 6.45) is 0. The van der Waals surface area contributed by atoms with E-state index in [-0.39, 0.29) is 0 Å². The molecule has 0 atom stereocenters. The average Bonchev–Trinajstić information content (AvgIpc) is 2.63. The van der Waals surface area contributed by atoms with Gasteiger partial charge in [0, 0.05) is 0 Å². The summed E-state index contributed by atoms with van der Waals surface area (Å²) in [6, 6.07) is 29.0. The van der Waals surface area contributed by atoms with Gasteiger partial charge in [0.25, 0.3) is 0 Å². The van der Waals surface area contributed by atoms with E-state index in [0.717, 1.165) is 0 Å². The predicted molar refractivity (Wildman–Crippen MR) is 103 cm³/mol. The standard InChI is InChI=1S/C16H10.C7H8O/c1-3-11-7-9-13-5-2-6-14-10-8-12(4-1)15(11)16(13)14;1-6-2-4-7(8)5-3-6/h1-10H;2-5,8H,1H3. The second-order valence-electron chi connectivity index (χ2n) is 6.13. The highest BCUT2D eigenvalue weighted by atomic mass is 16.3. The fourth-order valence-corrected chi connectivity index (χ4v) is 3.21. The van der Waals surface area contributed by atoms with E-state index in [0.29, 0.717) is 5.75 Å². The summed E-state index contributed by atoms with van der Waals surface area (Å²) in [7, 11) is 0. The topological polar surface area (TPSA) is 20.2 Å². The lowest BCUT2D eigenvalue weighted by Crippen LogP contribution is -1.82. The van der Waals surface area contributed by atoms with E-state index in [1.807, 2.05) is 19.1 Å². The van der Waals surface area contributed by atoms with E-state index in [4.69, 9.17) is 5.11 Å². The molecule has 0 bridgehead atoms. The van der Waals surface area contributed by atoms with Gasteiger partial charge in [-0.3, -0.25) is 0 Å². The second kappa shape index (κ2) is 5.86. The molecule has 116 valence electrons. The van der Waals surface area contributed by atoms with Crippen molar-refractivity contribution in [3.8, 4) is 5.75 Å². The fourth-order valence-electron chi connectivity index (χ4n) is 3.21. The molecule has 0 aliphatic carbocycles. The third-order valence-electron chi connectivity index (χ3n) is 4.43. The molecule has 0 saturated heterocycles. The quantitative estimate of drug-likeness (QED) is 0.333. The summed E-state index contributed by atoms with van der Waals surface area (Å²) >= 11 is 0. The van der Waals surface area contributed by atoms with Gasteiger partial charge in [-0.2, -0.15) is 0 Å². The van der Waals surface area contributed by atoms with Gasteiger partial charge in [0.15, 0.2) is 0 Å². The Morgan fingerprint density at radius 3 is 1.21 bits per heavy atom. The fraction of sp³-hybridized carbons (Fsp3) is 0.0435. The van der Waals surface area contributed by atoms with Crippen LogP contribution >= 0.6 is 0 Å². The highest BCUT2D eigenvalue weighted by Crippen LogP contribution is 2.33. The van der Waals surface area contributed by atoms with Gasteiger partial charge >= 0.3 is 0 Å². The SMILES string of the molecule is Cc1ccc(O)cc1.c1cc2ccc3cccc4ccc(c1)c2c34. The van der Waals surface area contributed by atoms with Crippen molar-refractivity contribution >= 4 is 32.3 Å². The van der Waals surface area contributed by atoms with E-state index in [1.54, 1.807) is 12.1 Å². The monoisotopic (exact) mass is 310 g/mol. The summed E-state index contributed by atoms with van der Waals surface area (Å²) in [4.78, 5) is 0. The number of phenolic OH excluding ortho intramolecular Hbond substituents is 1. The minimum Gasteiger partial charge on any atom is -0.508 e. The van der Waals surface area contributed by atoms with Gasteiger partial charge in [-0.05, 0) is 51.4 Å². The van der Waals surface area contributed by atoms with Crippen LogP contribution in [0.15, 0.2) is 84.9 Å². The summed E-state index contributed by atoms with van der Waals surface area (Å²) in [5.74, 6) is 0.329. The van der Waals surface area contributed by atoms with Crippen molar-refractivity contribution in [1.82, 2.24) is 0 Å². The number of rotatable bonds is 0. The van der Waals surface area contributed by atoms with Crippen LogP contribution in [0.1, 0.15) is 5.56 Å². The molecular weight excluding hydrogens is 292 g/mol. The summed E-state index contributed by atoms with van der Waals surface area (Å²) < 4.78 is 0. The molecule has 0 radical (unpaired) electrons. The Bertz CT molecular complexity index is 957. The van der Waals surface area contributed by atoms with E-state index in [1.165, 1.54) is 37.9 Å². The van der Waals surface area contributed by atoms with E-state index in [2.05, 4.69) is 60.7 Å². The molecule has 5 aromatic rings. The zero-order chi connectivity index (χ0) is 16.5. The number of aryl methyl sites for hydroxylation is 1. The first-order valence-electron chi connectivity index (χ1n) is 8.10. The molecule has 0 unspecified atom stereocenters. The Morgan fingerprint density at radius 1 is 0.500 bits per heavy atom. The number of benzene rings is 5. The molecule has 5 aromatic carbocycles. The zero-order valence-corrected chi connectivity index (χ0v) is 13.5. The molecule has 0 fully saturated rings. The van der Waals surface area contributed by atoms with Gasteiger partial charge in [-0.1, -0.05) is 78.4 Å².